The quantitative estimate of drug-likeness (QED) is 0.775. The fourth-order valence-corrected chi connectivity index (χ4v) is 1.97. The molecule has 0 aliphatic carbocycles. The molecule has 2 rings (SSSR count). The monoisotopic (exact) mass is 256 g/mol. The normalized spacial score (nSPS) is 11.1. The fraction of sp³-hybridized carbons (Fsp3) is 0.500. The summed E-state index contributed by atoms with van der Waals surface area (Å²) in [7, 11) is 3.15. The lowest BCUT2D eigenvalue weighted by Crippen LogP contribution is -2.22. The van der Waals surface area contributed by atoms with Crippen molar-refractivity contribution >= 4 is 22.8 Å². The summed E-state index contributed by atoms with van der Waals surface area (Å²) in [5.41, 5.74) is 0.934. The van der Waals surface area contributed by atoms with Crippen molar-refractivity contribution in [3.63, 3.8) is 0 Å². The van der Waals surface area contributed by atoms with Crippen LogP contribution < -0.4 is 10.4 Å². The van der Waals surface area contributed by atoms with E-state index in [1.165, 1.54) is 11.7 Å². The first kappa shape index (κ1) is 11.9. The molecule has 2 heterocycles. The third-order valence-corrected chi connectivity index (χ3v) is 2.72. The Morgan fingerprint density at radius 1 is 1.41 bits per heavy atom. The van der Waals surface area contributed by atoms with Crippen LogP contribution in [0.15, 0.2) is 4.79 Å². The molecule has 0 N–H and O–H groups in total. The zero-order chi connectivity index (χ0) is 12.6. The summed E-state index contributed by atoms with van der Waals surface area (Å²) in [5.74, 6) is 0.314. The molecule has 6 nitrogen and oxygen atoms in total. The van der Waals surface area contributed by atoms with Crippen molar-refractivity contribution in [2.24, 2.45) is 7.05 Å². The largest absolute Gasteiger partial charge is 0.479 e. The Kier molecular flexibility index (Phi) is 3.06. The lowest BCUT2D eigenvalue weighted by atomic mass is 10.4. The van der Waals surface area contributed by atoms with Crippen LogP contribution in [0.25, 0.3) is 11.2 Å². The molecule has 0 fully saturated rings. The van der Waals surface area contributed by atoms with Gasteiger partial charge in [0.2, 0.25) is 11.2 Å². The summed E-state index contributed by atoms with van der Waals surface area (Å²) < 4.78 is 8.17. The van der Waals surface area contributed by atoms with Gasteiger partial charge in [0.25, 0.3) is 0 Å². The number of hydrogen-bond donors (Lipinski definition) is 0. The molecule has 0 radical (unpaired) electrons. The molecular formula is C10H13ClN4O2. The molecule has 0 aromatic carbocycles. The highest BCUT2D eigenvalue weighted by Crippen LogP contribution is 2.22. The highest BCUT2D eigenvalue weighted by Gasteiger charge is 2.17. The van der Waals surface area contributed by atoms with E-state index in [2.05, 4.69) is 9.97 Å². The minimum atomic E-state index is -0.142. The summed E-state index contributed by atoms with van der Waals surface area (Å²) in [4.78, 5) is 20.1. The predicted octanol–water partition coefficient (Wildman–Crippen LogP) is 1.20. The van der Waals surface area contributed by atoms with Crippen molar-refractivity contribution < 1.29 is 4.74 Å². The first-order valence-electron chi connectivity index (χ1n) is 5.26. The van der Waals surface area contributed by atoms with Gasteiger partial charge in [0, 0.05) is 13.6 Å². The standard InChI is InChI=1S/C10H13ClN4O2/c1-4-5-15-7-6(14(2)10(15)16)8(17-3)13-9(11)12-7/h4-5H2,1-3H3. The molecule has 2 aromatic rings. The molecule has 0 aliphatic heterocycles. The zero-order valence-electron chi connectivity index (χ0n) is 9.90. The molecule has 0 amide bonds. The van der Waals surface area contributed by atoms with Crippen LogP contribution in [0.3, 0.4) is 0 Å². The molecule has 0 unspecified atom stereocenters. The Morgan fingerprint density at radius 3 is 2.71 bits per heavy atom. The SMILES string of the molecule is CCCn1c(=O)n(C)c2c(OC)nc(Cl)nc21. The molecule has 0 bridgehead atoms. The number of fused-ring (bicyclic) bond motifs is 1. The maximum atomic E-state index is 12.0. The van der Waals surface area contributed by atoms with E-state index in [1.807, 2.05) is 6.92 Å². The predicted molar refractivity (Wildman–Crippen MR) is 64.6 cm³/mol. The lowest BCUT2D eigenvalue weighted by molar-refractivity contribution is 0.400. The molecule has 7 heteroatoms. The summed E-state index contributed by atoms with van der Waals surface area (Å²) in [5, 5.41) is 0.0739. The minimum absolute atomic E-state index is 0.0739. The Balaban J connectivity index is 2.89. The van der Waals surface area contributed by atoms with E-state index in [-0.39, 0.29) is 11.0 Å². The fourth-order valence-electron chi connectivity index (χ4n) is 1.81. The van der Waals surface area contributed by atoms with E-state index in [9.17, 15) is 4.79 Å². The van der Waals surface area contributed by atoms with E-state index in [0.29, 0.717) is 23.6 Å². The van der Waals surface area contributed by atoms with Gasteiger partial charge in [-0.05, 0) is 18.0 Å². The van der Waals surface area contributed by atoms with Crippen molar-refractivity contribution in [1.82, 2.24) is 19.1 Å². The Morgan fingerprint density at radius 2 is 2.12 bits per heavy atom. The third kappa shape index (κ3) is 1.78. The first-order valence-corrected chi connectivity index (χ1v) is 5.64. The zero-order valence-corrected chi connectivity index (χ0v) is 10.7. The average Bonchev–Trinajstić information content (AvgIpc) is 2.54. The Hall–Kier alpha value is -1.56. The number of rotatable bonds is 3. The van der Waals surface area contributed by atoms with E-state index < -0.39 is 0 Å². The van der Waals surface area contributed by atoms with Crippen LogP contribution in [0.5, 0.6) is 5.88 Å². The van der Waals surface area contributed by atoms with Gasteiger partial charge in [0.15, 0.2) is 11.2 Å². The summed E-state index contributed by atoms with van der Waals surface area (Å²) in [6.45, 7) is 2.58. The van der Waals surface area contributed by atoms with Gasteiger partial charge >= 0.3 is 5.69 Å². The highest BCUT2D eigenvalue weighted by atomic mass is 35.5. The van der Waals surface area contributed by atoms with Crippen LogP contribution in [0.4, 0.5) is 0 Å². The number of imidazole rings is 1. The molecule has 2 aromatic heterocycles. The maximum Gasteiger partial charge on any atom is 0.330 e. The number of methoxy groups -OCH3 is 1. The van der Waals surface area contributed by atoms with Crippen LogP contribution >= 0.6 is 11.6 Å². The van der Waals surface area contributed by atoms with E-state index in [0.717, 1.165) is 6.42 Å². The highest BCUT2D eigenvalue weighted by molar-refractivity contribution is 6.28. The molecule has 0 saturated carbocycles. The number of nitrogens with zero attached hydrogens (tertiary/aromatic N) is 4. The van der Waals surface area contributed by atoms with Crippen molar-refractivity contribution in [2.75, 3.05) is 7.11 Å². The average molecular weight is 257 g/mol. The van der Waals surface area contributed by atoms with Gasteiger partial charge < -0.3 is 4.74 Å². The van der Waals surface area contributed by atoms with E-state index in [1.54, 1.807) is 11.6 Å². The lowest BCUT2D eigenvalue weighted by Gasteiger charge is -2.03. The number of halogens is 1. The maximum absolute atomic E-state index is 12.0. The van der Waals surface area contributed by atoms with Gasteiger partial charge in [0.1, 0.15) is 0 Å². The van der Waals surface area contributed by atoms with Gasteiger partial charge in [-0.3, -0.25) is 9.13 Å². The molecule has 0 saturated heterocycles. The van der Waals surface area contributed by atoms with Gasteiger partial charge in [-0.2, -0.15) is 9.97 Å². The van der Waals surface area contributed by atoms with Crippen LogP contribution in [0.1, 0.15) is 13.3 Å². The van der Waals surface area contributed by atoms with Crippen molar-refractivity contribution in [3.8, 4) is 5.88 Å². The number of aromatic nitrogens is 4. The van der Waals surface area contributed by atoms with Gasteiger partial charge in [-0.25, -0.2) is 4.79 Å². The molecule has 17 heavy (non-hydrogen) atoms. The number of aryl methyl sites for hydroxylation is 2. The van der Waals surface area contributed by atoms with Gasteiger partial charge in [0.05, 0.1) is 7.11 Å². The van der Waals surface area contributed by atoms with Crippen LogP contribution in [-0.4, -0.2) is 26.2 Å². The van der Waals surface area contributed by atoms with E-state index >= 15 is 0 Å². The second-order valence-corrected chi connectivity index (χ2v) is 4.01. The van der Waals surface area contributed by atoms with Crippen LogP contribution in [0.2, 0.25) is 5.28 Å². The van der Waals surface area contributed by atoms with Crippen molar-refractivity contribution in [2.45, 2.75) is 19.9 Å². The second-order valence-electron chi connectivity index (χ2n) is 3.67. The second kappa shape index (κ2) is 4.37. The van der Waals surface area contributed by atoms with Crippen LogP contribution in [0, 0.1) is 0 Å². The molecule has 0 spiro atoms. The topological polar surface area (TPSA) is 61.9 Å². The van der Waals surface area contributed by atoms with Crippen molar-refractivity contribution in [1.29, 1.82) is 0 Å². The third-order valence-electron chi connectivity index (χ3n) is 2.56. The van der Waals surface area contributed by atoms with Crippen molar-refractivity contribution in [3.05, 3.63) is 15.8 Å². The van der Waals surface area contributed by atoms with Crippen LogP contribution in [-0.2, 0) is 13.6 Å². The first-order chi connectivity index (χ1) is 8.10. The summed E-state index contributed by atoms with van der Waals surface area (Å²) in [6.07, 6.45) is 0.836. The Labute approximate surface area is 103 Å². The van der Waals surface area contributed by atoms with Gasteiger partial charge in [-0.15, -0.1) is 0 Å². The Bertz CT molecular complexity index is 617. The number of ether oxygens (including phenoxy) is 1. The smallest absolute Gasteiger partial charge is 0.330 e. The minimum Gasteiger partial charge on any atom is -0.479 e. The van der Waals surface area contributed by atoms with E-state index in [4.69, 9.17) is 16.3 Å². The summed E-state index contributed by atoms with van der Waals surface area (Å²) in [6, 6.07) is 0. The molecule has 92 valence electrons. The summed E-state index contributed by atoms with van der Waals surface area (Å²) >= 11 is 5.81. The van der Waals surface area contributed by atoms with Gasteiger partial charge in [-0.1, -0.05) is 6.92 Å². The molecule has 0 aliphatic rings. The molecular weight excluding hydrogens is 244 g/mol. The number of hydrogen-bond acceptors (Lipinski definition) is 4. The molecule has 0 atom stereocenters.